The molecule has 0 aliphatic carbocycles. The highest BCUT2D eigenvalue weighted by atomic mass is 16.7. The third-order valence-corrected chi connectivity index (χ3v) is 6.56. The van der Waals surface area contributed by atoms with Gasteiger partial charge in [-0.2, -0.15) is 0 Å². The van der Waals surface area contributed by atoms with E-state index in [0.717, 1.165) is 6.92 Å². The van der Waals surface area contributed by atoms with Crippen molar-refractivity contribution < 1.29 is 74.4 Å². The second kappa shape index (κ2) is 12.8. The molecular formula is C20H36N2O15. The van der Waals surface area contributed by atoms with Gasteiger partial charge in [0, 0.05) is 6.92 Å². The average molecular weight is 545 g/mol. The van der Waals surface area contributed by atoms with E-state index in [-0.39, 0.29) is 0 Å². The number of aliphatic hydroxyl groups excluding tert-OH is 9. The number of carbonyl (C=O) groups is 1. The number of nitrogens with one attached hydrogen (secondary N) is 1. The average Bonchev–Trinajstić information content (AvgIpc) is 2.87. The van der Waals surface area contributed by atoms with E-state index < -0.39 is 118 Å². The van der Waals surface area contributed by atoms with Crippen LogP contribution in [0.2, 0.25) is 0 Å². The van der Waals surface area contributed by atoms with Crippen molar-refractivity contribution in [2.45, 2.75) is 98.9 Å². The molecule has 216 valence electrons. The number of aliphatic hydroxyl groups is 9. The van der Waals surface area contributed by atoms with E-state index in [4.69, 9.17) is 29.4 Å². The van der Waals surface area contributed by atoms with Gasteiger partial charge in [0.15, 0.2) is 12.6 Å². The minimum Gasteiger partial charge on any atom is -0.394 e. The molecule has 3 aliphatic heterocycles. The molecule has 3 aliphatic rings. The molecule has 0 radical (unpaired) electrons. The number of carbonyl (C=O) groups excluding carboxylic acids is 1. The van der Waals surface area contributed by atoms with Gasteiger partial charge in [-0.3, -0.25) is 4.79 Å². The monoisotopic (exact) mass is 544 g/mol. The Balaban J connectivity index is 1.77. The van der Waals surface area contributed by atoms with Crippen molar-refractivity contribution in [2.75, 3.05) is 19.8 Å². The zero-order chi connectivity index (χ0) is 27.6. The molecule has 0 bridgehead atoms. The van der Waals surface area contributed by atoms with Gasteiger partial charge in [-0.05, 0) is 0 Å². The van der Waals surface area contributed by atoms with Crippen molar-refractivity contribution in [3.63, 3.8) is 0 Å². The topological polar surface area (TPSA) is 283 Å². The van der Waals surface area contributed by atoms with E-state index in [1.165, 1.54) is 0 Å². The van der Waals surface area contributed by atoms with Gasteiger partial charge in [0.2, 0.25) is 5.91 Å². The molecule has 1 amide bonds. The van der Waals surface area contributed by atoms with Crippen molar-refractivity contribution in [2.24, 2.45) is 5.73 Å². The first-order valence-corrected chi connectivity index (χ1v) is 11.7. The number of nitrogens with two attached hydrogens (primary N) is 1. The van der Waals surface area contributed by atoms with E-state index in [1.54, 1.807) is 0 Å². The number of hydrogen-bond donors (Lipinski definition) is 11. The summed E-state index contributed by atoms with van der Waals surface area (Å²) in [4.78, 5) is 11.6. The third kappa shape index (κ3) is 6.38. The lowest BCUT2D eigenvalue weighted by molar-refractivity contribution is -0.365. The molecule has 12 N–H and O–H groups in total. The molecule has 17 heteroatoms. The molecule has 3 rings (SSSR count). The Hall–Kier alpha value is -1.13. The van der Waals surface area contributed by atoms with E-state index in [2.05, 4.69) is 5.32 Å². The van der Waals surface area contributed by atoms with Crippen LogP contribution in [0.25, 0.3) is 0 Å². The molecule has 0 aromatic carbocycles. The quantitative estimate of drug-likeness (QED) is 0.135. The first-order chi connectivity index (χ1) is 17.4. The Kier molecular flexibility index (Phi) is 10.5. The van der Waals surface area contributed by atoms with Gasteiger partial charge < -0.3 is 80.7 Å². The lowest BCUT2D eigenvalue weighted by Crippen LogP contribution is -2.68. The van der Waals surface area contributed by atoms with E-state index in [0.29, 0.717) is 0 Å². The Morgan fingerprint density at radius 1 is 0.703 bits per heavy atom. The minimum absolute atomic E-state index is 0.628. The van der Waals surface area contributed by atoms with Crippen LogP contribution in [0.4, 0.5) is 0 Å². The molecular weight excluding hydrogens is 508 g/mol. The highest BCUT2D eigenvalue weighted by molar-refractivity contribution is 5.73. The van der Waals surface area contributed by atoms with E-state index >= 15 is 0 Å². The summed E-state index contributed by atoms with van der Waals surface area (Å²) in [5.41, 5.74) is 5.55. The zero-order valence-electron chi connectivity index (χ0n) is 19.8. The molecule has 0 aromatic heterocycles. The smallest absolute Gasteiger partial charge is 0.217 e. The van der Waals surface area contributed by atoms with Crippen LogP contribution in [0.15, 0.2) is 0 Å². The molecule has 0 spiro atoms. The largest absolute Gasteiger partial charge is 0.394 e. The van der Waals surface area contributed by atoms with Crippen molar-refractivity contribution in [1.82, 2.24) is 5.32 Å². The molecule has 0 unspecified atom stereocenters. The van der Waals surface area contributed by atoms with E-state index in [1.807, 2.05) is 0 Å². The standard InChI is InChI=1S/C20H36N2O15/c1-5(26)22-9-11(28)10(27)6(2-23)34-19(9)36-17-8(4-25)35-20(15(32)13(17)30)37-16-7(3-24)33-18(21)14(31)12(16)29/h6-20,23-25,27-32H,2-4,21H2,1H3,(H,22,26)/t6-,7-,8-,9-,10+,11-,12-,13-,14-,15-,16-,17+,18-,19+,20+/m1/s1. The van der Waals surface area contributed by atoms with Gasteiger partial charge in [-0.25, -0.2) is 0 Å². The summed E-state index contributed by atoms with van der Waals surface area (Å²) in [7, 11) is 0. The summed E-state index contributed by atoms with van der Waals surface area (Å²) in [6, 6.07) is -1.38. The molecule has 3 saturated heterocycles. The molecule has 17 nitrogen and oxygen atoms in total. The summed E-state index contributed by atoms with van der Waals surface area (Å²) < 4.78 is 27.4. The van der Waals surface area contributed by atoms with Crippen molar-refractivity contribution in [3.05, 3.63) is 0 Å². The van der Waals surface area contributed by atoms with Crippen molar-refractivity contribution >= 4 is 5.91 Å². The number of amides is 1. The highest BCUT2D eigenvalue weighted by Crippen LogP contribution is 2.32. The third-order valence-electron chi connectivity index (χ3n) is 6.56. The molecule has 37 heavy (non-hydrogen) atoms. The molecule has 0 aromatic rings. The summed E-state index contributed by atoms with van der Waals surface area (Å²) in [5.74, 6) is -0.628. The van der Waals surface area contributed by atoms with E-state index in [9.17, 15) is 50.8 Å². The van der Waals surface area contributed by atoms with Crippen LogP contribution in [0, 0.1) is 0 Å². The van der Waals surface area contributed by atoms with Crippen molar-refractivity contribution in [1.29, 1.82) is 0 Å². The lowest BCUT2D eigenvalue weighted by Gasteiger charge is -2.48. The van der Waals surface area contributed by atoms with Gasteiger partial charge in [-0.1, -0.05) is 0 Å². The van der Waals surface area contributed by atoms with Crippen LogP contribution in [-0.4, -0.2) is 164 Å². The second-order valence-electron chi connectivity index (χ2n) is 9.14. The highest BCUT2D eigenvalue weighted by Gasteiger charge is 2.53. The first-order valence-electron chi connectivity index (χ1n) is 11.7. The van der Waals surface area contributed by atoms with Crippen LogP contribution in [-0.2, 0) is 28.5 Å². The zero-order valence-corrected chi connectivity index (χ0v) is 19.8. The minimum atomic E-state index is -1.89. The lowest BCUT2D eigenvalue weighted by atomic mass is 9.95. The van der Waals surface area contributed by atoms with Gasteiger partial charge in [-0.15, -0.1) is 0 Å². The Morgan fingerprint density at radius 2 is 1.19 bits per heavy atom. The molecule has 15 atom stereocenters. The van der Waals surface area contributed by atoms with Crippen LogP contribution in [0.1, 0.15) is 6.92 Å². The fourth-order valence-corrected chi connectivity index (χ4v) is 4.51. The predicted octanol–water partition coefficient (Wildman–Crippen LogP) is -7.46. The van der Waals surface area contributed by atoms with Gasteiger partial charge in [0.1, 0.15) is 79.4 Å². The maximum Gasteiger partial charge on any atom is 0.217 e. The van der Waals surface area contributed by atoms with Crippen LogP contribution < -0.4 is 11.1 Å². The second-order valence-corrected chi connectivity index (χ2v) is 9.14. The maximum atomic E-state index is 11.6. The molecule has 0 saturated carbocycles. The normalized spacial score (nSPS) is 49.0. The predicted molar refractivity (Wildman–Crippen MR) is 115 cm³/mol. The maximum absolute atomic E-state index is 11.6. The van der Waals surface area contributed by atoms with Crippen LogP contribution in [0.3, 0.4) is 0 Å². The summed E-state index contributed by atoms with van der Waals surface area (Å²) in [5, 5.41) is 93.6. The van der Waals surface area contributed by atoms with Gasteiger partial charge in [0.05, 0.1) is 19.8 Å². The first kappa shape index (κ1) is 30.4. The van der Waals surface area contributed by atoms with Crippen LogP contribution in [0.5, 0.6) is 0 Å². The summed E-state index contributed by atoms with van der Waals surface area (Å²) in [6.45, 7) is -1.10. The number of rotatable bonds is 8. The Labute approximate surface area is 210 Å². The molecule has 3 heterocycles. The number of ether oxygens (including phenoxy) is 5. The fraction of sp³-hybridized carbons (Fsp3) is 0.950. The Bertz CT molecular complexity index is 747. The van der Waals surface area contributed by atoms with Gasteiger partial charge in [0.25, 0.3) is 0 Å². The van der Waals surface area contributed by atoms with Crippen LogP contribution >= 0.6 is 0 Å². The van der Waals surface area contributed by atoms with Crippen molar-refractivity contribution in [3.8, 4) is 0 Å². The SMILES string of the molecule is CC(=O)N[C@H]1[C@H](O[C@@H]2[C@H](O)[C@@H](O)[C@H](O[C@H]3[C@H](O)[C@@H](O)[C@H](N)O[C@@H]3CO)O[C@@H]2CO)O[C@H](CO)[C@H](O)[C@@H]1O. The Morgan fingerprint density at radius 3 is 1.73 bits per heavy atom. The fourth-order valence-electron chi connectivity index (χ4n) is 4.51. The summed E-state index contributed by atoms with van der Waals surface area (Å²) >= 11 is 0. The van der Waals surface area contributed by atoms with Gasteiger partial charge >= 0.3 is 0 Å². The summed E-state index contributed by atoms with van der Waals surface area (Å²) in [6.07, 6.45) is -21.9. The molecule has 3 fully saturated rings. The number of hydrogen-bond acceptors (Lipinski definition) is 16.